The van der Waals surface area contributed by atoms with E-state index in [9.17, 15) is 14.4 Å². The molecule has 1 rings (SSSR count). The van der Waals surface area contributed by atoms with Gasteiger partial charge in [0.25, 0.3) is 0 Å². The summed E-state index contributed by atoms with van der Waals surface area (Å²) in [5, 5.41) is 17.9. The van der Waals surface area contributed by atoms with Gasteiger partial charge in [0.2, 0.25) is 5.91 Å². The van der Waals surface area contributed by atoms with Gasteiger partial charge in [0.1, 0.15) is 0 Å². The van der Waals surface area contributed by atoms with E-state index in [1.807, 2.05) is 6.92 Å². The van der Waals surface area contributed by atoms with E-state index in [0.29, 0.717) is 6.54 Å². The second-order valence-electron chi connectivity index (χ2n) is 4.29. The number of hydrogen-bond acceptors (Lipinski definition) is 3. The van der Waals surface area contributed by atoms with Crippen molar-refractivity contribution in [2.75, 3.05) is 13.1 Å². The molecule has 96 valence electrons. The molecular formula is C11H17NO5. The topological polar surface area (TPSA) is 94.9 Å². The summed E-state index contributed by atoms with van der Waals surface area (Å²) in [7, 11) is 0. The molecule has 2 unspecified atom stereocenters. The van der Waals surface area contributed by atoms with Crippen LogP contribution in [0.4, 0.5) is 0 Å². The van der Waals surface area contributed by atoms with Crippen molar-refractivity contribution in [1.29, 1.82) is 0 Å². The van der Waals surface area contributed by atoms with Crippen LogP contribution in [0.5, 0.6) is 0 Å². The van der Waals surface area contributed by atoms with Crippen LogP contribution in [0.2, 0.25) is 0 Å². The summed E-state index contributed by atoms with van der Waals surface area (Å²) in [6.07, 6.45) is 1.50. The molecule has 6 heteroatoms. The van der Waals surface area contributed by atoms with Crippen LogP contribution in [-0.4, -0.2) is 46.0 Å². The van der Waals surface area contributed by atoms with Crippen molar-refractivity contribution in [3.8, 4) is 0 Å². The summed E-state index contributed by atoms with van der Waals surface area (Å²) in [5.74, 6) is -4.71. The molecule has 0 aromatic rings. The fourth-order valence-corrected chi connectivity index (χ4v) is 2.00. The first-order valence-electron chi connectivity index (χ1n) is 5.70. The van der Waals surface area contributed by atoms with Gasteiger partial charge in [-0.3, -0.25) is 14.4 Å². The average molecular weight is 243 g/mol. The number of carboxylic acids is 2. The maximum Gasteiger partial charge on any atom is 0.309 e. The molecule has 1 heterocycles. The van der Waals surface area contributed by atoms with Crippen molar-refractivity contribution < 1.29 is 24.6 Å². The van der Waals surface area contributed by atoms with Crippen molar-refractivity contribution >= 4 is 17.8 Å². The summed E-state index contributed by atoms with van der Waals surface area (Å²) >= 11 is 0. The molecule has 2 N–H and O–H groups in total. The highest BCUT2D eigenvalue weighted by Crippen LogP contribution is 2.25. The molecule has 1 aliphatic heterocycles. The molecule has 0 bridgehead atoms. The van der Waals surface area contributed by atoms with Gasteiger partial charge in [-0.15, -0.1) is 0 Å². The maximum atomic E-state index is 11.7. The number of piperidine rings is 1. The summed E-state index contributed by atoms with van der Waals surface area (Å²) in [6.45, 7) is 2.49. The van der Waals surface area contributed by atoms with Crippen LogP contribution in [0, 0.1) is 11.8 Å². The molecule has 17 heavy (non-hydrogen) atoms. The van der Waals surface area contributed by atoms with Gasteiger partial charge < -0.3 is 15.1 Å². The third-order valence-corrected chi connectivity index (χ3v) is 3.07. The monoisotopic (exact) mass is 243 g/mol. The molecule has 1 fully saturated rings. The maximum absolute atomic E-state index is 11.7. The highest BCUT2D eigenvalue weighted by atomic mass is 16.4. The summed E-state index contributed by atoms with van der Waals surface area (Å²) in [5.41, 5.74) is 0. The van der Waals surface area contributed by atoms with E-state index in [2.05, 4.69) is 0 Å². The number of amides is 1. The second-order valence-corrected chi connectivity index (χ2v) is 4.29. The molecule has 1 amide bonds. The first-order chi connectivity index (χ1) is 7.97. The van der Waals surface area contributed by atoms with Gasteiger partial charge in [-0.05, 0) is 6.42 Å². The SMILES string of the molecule is CCCCN1CC(C(=O)O)C(C(=O)O)CC1=O. The molecule has 0 aliphatic carbocycles. The number of likely N-dealkylation sites (tertiary alicyclic amines) is 1. The van der Waals surface area contributed by atoms with Crippen molar-refractivity contribution in [3.05, 3.63) is 0 Å². The Labute approximate surface area is 99.2 Å². The van der Waals surface area contributed by atoms with E-state index in [0.717, 1.165) is 12.8 Å². The van der Waals surface area contributed by atoms with Crippen LogP contribution in [0.3, 0.4) is 0 Å². The number of nitrogens with zero attached hydrogens (tertiary/aromatic N) is 1. The Morgan fingerprint density at radius 2 is 1.88 bits per heavy atom. The zero-order valence-electron chi connectivity index (χ0n) is 9.76. The number of unbranched alkanes of at least 4 members (excludes halogenated alkanes) is 1. The fraction of sp³-hybridized carbons (Fsp3) is 0.727. The molecule has 0 aromatic carbocycles. The van der Waals surface area contributed by atoms with Gasteiger partial charge in [-0.25, -0.2) is 0 Å². The van der Waals surface area contributed by atoms with Gasteiger partial charge >= 0.3 is 11.9 Å². The van der Waals surface area contributed by atoms with Crippen LogP contribution in [0.25, 0.3) is 0 Å². The molecule has 6 nitrogen and oxygen atoms in total. The Hall–Kier alpha value is -1.59. The predicted octanol–water partition coefficient (Wildman–Crippen LogP) is 0.420. The van der Waals surface area contributed by atoms with Crippen LogP contribution in [0.15, 0.2) is 0 Å². The first-order valence-corrected chi connectivity index (χ1v) is 5.70. The Kier molecular flexibility index (Phi) is 4.48. The van der Waals surface area contributed by atoms with Crippen LogP contribution in [0.1, 0.15) is 26.2 Å². The number of carbonyl (C=O) groups is 3. The van der Waals surface area contributed by atoms with Gasteiger partial charge in [-0.2, -0.15) is 0 Å². The molecule has 1 saturated heterocycles. The highest BCUT2D eigenvalue weighted by Gasteiger charge is 2.42. The predicted molar refractivity (Wildman–Crippen MR) is 58.4 cm³/mol. The Bertz CT molecular complexity index is 328. The van der Waals surface area contributed by atoms with Crippen LogP contribution in [-0.2, 0) is 14.4 Å². The summed E-state index contributed by atoms with van der Waals surface area (Å²) < 4.78 is 0. The first kappa shape index (κ1) is 13.5. The van der Waals surface area contributed by atoms with Crippen molar-refractivity contribution in [1.82, 2.24) is 4.90 Å². The summed E-state index contributed by atoms with van der Waals surface area (Å²) in [6, 6.07) is 0. The quantitative estimate of drug-likeness (QED) is 0.729. The average Bonchev–Trinajstić information content (AvgIpc) is 2.26. The number of rotatable bonds is 5. The fourth-order valence-electron chi connectivity index (χ4n) is 2.00. The minimum Gasteiger partial charge on any atom is -0.481 e. The standard InChI is InChI=1S/C11H17NO5/c1-2-3-4-12-6-8(11(16)17)7(10(14)15)5-9(12)13/h7-8H,2-6H2,1H3,(H,14,15)(H,16,17). The van der Waals surface area contributed by atoms with Gasteiger partial charge in [0.15, 0.2) is 0 Å². The minimum atomic E-state index is -1.21. The molecule has 2 atom stereocenters. The number of carboxylic acid groups (broad SMARTS) is 2. The Balaban J connectivity index is 2.75. The zero-order chi connectivity index (χ0) is 13.0. The van der Waals surface area contributed by atoms with E-state index >= 15 is 0 Å². The number of carbonyl (C=O) groups excluding carboxylic acids is 1. The highest BCUT2D eigenvalue weighted by molar-refractivity contribution is 5.88. The summed E-state index contributed by atoms with van der Waals surface area (Å²) in [4.78, 5) is 35.0. The largest absolute Gasteiger partial charge is 0.481 e. The molecule has 0 aromatic heterocycles. The molecule has 0 spiro atoms. The third kappa shape index (κ3) is 3.18. The normalized spacial score (nSPS) is 24.8. The van der Waals surface area contributed by atoms with Crippen molar-refractivity contribution in [2.45, 2.75) is 26.2 Å². The van der Waals surface area contributed by atoms with Gasteiger partial charge in [0.05, 0.1) is 11.8 Å². The molecular weight excluding hydrogens is 226 g/mol. The lowest BCUT2D eigenvalue weighted by Gasteiger charge is -2.34. The molecule has 1 aliphatic rings. The molecule has 0 radical (unpaired) electrons. The third-order valence-electron chi connectivity index (χ3n) is 3.07. The lowest BCUT2D eigenvalue weighted by atomic mass is 9.85. The van der Waals surface area contributed by atoms with Crippen molar-refractivity contribution in [2.24, 2.45) is 11.8 Å². The smallest absolute Gasteiger partial charge is 0.309 e. The van der Waals surface area contributed by atoms with Crippen LogP contribution < -0.4 is 0 Å². The number of aliphatic carboxylic acids is 2. The lowest BCUT2D eigenvalue weighted by Crippen LogP contribution is -2.49. The molecule has 0 saturated carbocycles. The van der Waals surface area contributed by atoms with Gasteiger partial charge in [0, 0.05) is 19.5 Å². The Morgan fingerprint density at radius 3 is 2.35 bits per heavy atom. The van der Waals surface area contributed by atoms with Gasteiger partial charge in [-0.1, -0.05) is 13.3 Å². The van der Waals surface area contributed by atoms with E-state index in [1.54, 1.807) is 0 Å². The van der Waals surface area contributed by atoms with Crippen molar-refractivity contribution in [3.63, 3.8) is 0 Å². The van der Waals surface area contributed by atoms with E-state index < -0.39 is 23.8 Å². The Morgan fingerprint density at radius 1 is 1.29 bits per heavy atom. The van der Waals surface area contributed by atoms with E-state index in [4.69, 9.17) is 10.2 Å². The number of hydrogen-bond donors (Lipinski definition) is 2. The second kappa shape index (κ2) is 5.65. The minimum absolute atomic E-state index is 0.00509. The van der Waals surface area contributed by atoms with E-state index in [1.165, 1.54) is 4.90 Å². The van der Waals surface area contributed by atoms with Crippen LogP contribution >= 0.6 is 0 Å². The van der Waals surface area contributed by atoms with E-state index in [-0.39, 0.29) is 18.9 Å². The lowest BCUT2D eigenvalue weighted by molar-refractivity contribution is -0.161. The zero-order valence-corrected chi connectivity index (χ0v) is 9.76.